The Morgan fingerprint density at radius 2 is 1.46 bits per heavy atom. The van der Waals surface area contributed by atoms with Gasteiger partial charge in [0.25, 0.3) is 5.91 Å². The average molecular weight is 489 g/mol. The van der Waals surface area contributed by atoms with Gasteiger partial charge in [0.1, 0.15) is 11.6 Å². The molecule has 9 nitrogen and oxygen atoms in total. The molecule has 1 fully saturated rings. The fourth-order valence-electron chi connectivity index (χ4n) is 4.40. The molecule has 5 aromatic rings. The standard InChI is InChI=1S/C28H24N8O/c37-28(22-2-1-9-29-17-22)33-23-6-3-20(4-7-23)21-5-8-24-25(16-21)34-27(19-32-24)36-14-12-35(13-15-36)26-18-30-10-11-31-26/h1-11,16-19H,12-15H2,(H,33,37). The van der Waals surface area contributed by atoms with E-state index in [2.05, 4.69) is 41.1 Å². The number of piperazine rings is 1. The molecule has 182 valence electrons. The van der Waals surface area contributed by atoms with Gasteiger partial charge in [0.05, 0.1) is 29.0 Å². The Morgan fingerprint density at radius 1 is 0.703 bits per heavy atom. The lowest BCUT2D eigenvalue weighted by Crippen LogP contribution is -2.47. The number of hydrogen-bond acceptors (Lipinski definition) is 8. The quantitative estimate of drug-likeness (QED) is 0.395. The minimum absolute atomic E-state index is 0.188. The Balaban J connectivity index is 1.16. The van der Waals surface area contributed by atoms with Crippen LogP contribution in [0.15, 0.2) is 91.8 Å². The molecule has 0 unspecified atom stereocenters. The topological polar surface area (TPSA) is 100 Å². The van der Waals surface area contributed by atoms with Gasteiger partial charge < -0.3 is 15.1 Å². The van der Waals surface area contributed by atoms with Gasteiger partial charge in [-0.2, -0.15) is 0 Å². The molecular weight excluding hydrogens is 464 g/mol. The number of aromatic nitrogens is 5. The molecule has 1 aliphatic rings. The van der Waals surface area contributed by atoms with Crippen molar-refractivity contribution in [3.63, 3.8) is 0 Å². The minimum Gasteiger partial charge on any atom is -0.352 e. The van der Waals surface area contributed by atoms with E-state index in [9.17, 15) is 4.79 Å². The van der Waals surface area contributed by atoms with Crippen LogP contribution >= 0.6 is 0 Å². The summed E-state index contributed by atoms with van der Waals surface area (Å²) in [5, 5.41) is 2.91. The maximum Gasteiger partial charge on any atom is 0.257 e. The summed E-state index contributed by atoms with van der Waals surface area (Å²) in [4.78, 5) is 39.0. The van der Waals surface area contributed by atoms with Crippen LogP contribution in [-0.2, 0) is 0 Å². The van der Waals surface area contributed by atoms with Gasteiger partial charge >= 0.3 is 0 Å². The third-order valence-corrected chi connectivity index (χ3v) is 6.41. The smallest absolute Gasteiger partial charge is 0.257 e. The molecule has 1 aliphatic heterocycles. The van der Waals surface area contributed by atoms with E-state index < -0.39 is 0 Å². The summed E-state index contributed by atoms with van der Waals surface area (Å²) in [6.07, 6.45) is 10.2. The normalized spacial score (nSPS) is 13.5. The summed E-state index contributed by atoms with van der Waals surface area (Å²) in [5.74, 6) is 1.59. The van der Waals surface area contributed by atoms with Gasteiger partial charge in [-0.15, -0.1) is 0 Å². The van der Waals surface area contributed by atoms with E-state index in [4.69, 9.17) is 4.98 Å². The van der Waals surface area contributed by atoms with Crippen molar-refractivity contribution in [3.8, 4) is 11.1 Å². The van der Waals surface area contributed by atoms with Crippen LogP contribution in [0.4, 0.5) is 17.3 Å². The second kappa shape index (κ2) is 9.98. The van der Waals surface area contributed by atoms with E-state index in [1.165, 1.54) is 0 Å². The molecule has 2 aromatic carbocycles. The number of rotatable bonds is 5. The molecule has 1 N–H and O–H groups in total. The molecular formula is C28H24N8O. The lowest BCUT2D eigenvalue weighted by Gasteiger charge is -2.35. The van der Waals surface area contributed by atoms with Crippen LogP contribution in [0.25, 0.3) is 22.2 Å². The molecule has 6 rings (SSSR count). The molecule has 0 saturated carbocycles. The highest BCUT2D eigenvalue weighted by Crippen LogP contribution is 2.26. The molecule has 0 spiro atoms. The number of anilines is 3. The second-order valence-corrected chi connectivity index (χ2v) is 8.74. The molecule has 9 heteroatoms. The number of nitrogens with one attached hydrogen (secondary N) is 1. The monoisotopic (exact) mass is 488 g/mol. The van der Waals surface area contributed by atoms with Crippen LogP contribution in [0.3, 0.4) is 0 Å². The van der Waals surface area contributed by atoms with E-state index in [-0.39, 0.29) is 5.91 Å². The summed E-state index contributed by atoms with van der Waals surface area (Å²) < 4.78 is 0. The van der Waals surface area contributed by atoms with Crippen LogP contribution in [0.1, 0.15) is 10.4 Å². The Hall–Kier alpha value is -4.92. The summed E-state index contributed by atoms with van der Waals surface area (Å²) in [6, 6.07) is 17.3. The fraction of sp³-hybridized carbons (Fsp3) is 0.143. The first-order valence-electron chi connectivity index (χ1n) is 12.1. The van der Waals surface area contributed by atoms with Gasteiger partial charge in [-0.05, 0) is 47.5 Å². The van der Waals surface area contributed by atoms with Crippen molar-refractivity contribution in [2.24, 2.45) is 0 Å². The van der Waals surface area contributed by atoms with Crippen LogP contribution in [0.2, 0.25) is 0 Å². The number of carbonyl (C=O) groups is 1. The minimum atomic E-state index is -0.188. The lowest BCUT2D eigenvalue weighted by atomic mass is 10.0. The van der Waals surface area contributed by atoms with Crippen molar-refractivity contribution < 1.29 is 4.79 Å². The van der Waals surface area contributed by atoms with Crippen molar-refractivity contribution >= 4 is 34.3 Å². The molecule has 0 aliphatic carbocycles. The first-order chi connectivity index (χ1) is 18.2. The maximum atomic E-state index is 12.4. The van der Waals surface area contributed by atoms with Gasteiger partial charge in [-0.3, -0.25) is 19.7 Å². The highest BCUT2D eigenvalue weighted by molar-refractivity contribution is 6.04. The Kier molecular flexibility index (Phi) is 6.08. The number of benzene rings is 2. The van der Waals surface area contributed by atoms with Gasteiger partial charge in [-0.25, -0.2) is 9.97 Å². The van der Waals surface area contributed by atoms with Crippen molar-refractivity contribution in [1.29, 1.82) is 0 Å². The van der Waals surface area contributed by atoms with Crippen LogP contribution in [-0.4, -0.2) is 57.0 Å². The van der Waals surface area contributed by atoms with Gasteiger partial charge in [-0.1, -0.05) is 18.2 Å². The number of amides is 1. The first-order valence-corrected chi connectivity index (χ1v) is 12.1. The summed E-state index contributed by atoms with van der Waals surface area (Å²) >= 11 is 0. The predicted octanol–water partition coefficient (Wildman–Crippen LogP) is 4.06. The van der Waals surface area contributed by atoms with E-state index >= 15 is 0 Å². The number of hydrogen-bond donors (Lipinski definition) is 1. The highest BCUT2D eigenvalue weighted by atomic mass is 16.1. The molecule has 1 saturated heterocycles. The number of nitrogens with zero attached hydrogens (tertiary/aromatic N) is 7. The third-order valence-electron chi connectivity index (χ3n) is 6.41. The van der Waals surface area contributed by atoms with E-state index in [0.29, 0.717) is 5.56 Å². The zero-order valence-electron chi connectivity index (χ0n) is 20.0. The predicted molar refractivity (Wildman–Crippen MR) is 144 cm³/mol. The summed E-state index contributed by atoms with van der Waals surface area (Å²) in [6.45, 7) is 3.37. The average Bonchev–Trinajstić information content (AvgIpc) is 2.98. The molecule has 4 heterocycles. The zero-order chi connectivity index (χ0) is 25.0. The number of carbonyl (C=O) groups excluding carboxylic acids is 1. The van der Waals surface area contributed by atoms with E-state index in [1.54, 1.807) is 43.1 Å². The van der Waals surface area contributed by atoms with E-state index in [0.717, 1.165) is 65.7 Å². The molecule has 3 aromatic heterocycles. The van der Waals surface area contributed by atoms with Crippen molar-refractivity contribution in [2.75, 3.05) is 41.3 Å². The van der Waals surface area contributed by atoms with Crippen molar-refractivity contribution in [2.45, 2.75) is 0 Å². The summed E-state index contributed by atoms with van der Waals surface area (Å²) in [7, 11) is 0. The molecule has 1 amide bonds. The molecule has 0 radical (unpaired) electrons. The van der Waals surface area contributed by atoms with Crippen LogP contribution < -0.4 is 15.1 Å². The molecule has 0 atom stereocenters. The SMILES string of the molecule is O=C(Nc1ccc(-c2ccc3ncc(N4CCN(c5cnccn5)CC4)nc3c2)cc1)c1cccnc1. The van der Waals surface area contributed by atoms with Crippen molar-refractivity contribution in [1.82, 2.24) is 24.9 Å². The van der Waals surface area contributed by atoms with Crippen LogP contribution in [0.5, 0.6) is 0 Å². The first kappa shape index (κ1) is 22.5. The largest absolute Gasteiger partial charge is 0.352 e. The Labute approximate surface area is 213 Å². The summed E-state index contributed by atoms with van der Waals surface area (Å²) in [5.41, 5.74) is 5.01. The van der Waals surface area contributed by atoms with Crippen LogP contribution in [0, 0.1) is 0 Å². The Bertz CT molecular complexity index is 1520. The van der Waals surface area contributed by atoms with Crippen molar-refractivity contribution in [3.05, 3.63) is 97.3 Å². The third kappa shape index (κ3) is 4.92. The number of fused-ring (bicyclic) bond motifs is 1. The van der Waals surface area contributed by atoms with Gasteiger partial charge in [0.15, 0.2) is 0 Å². The lowest BCUT2D eigenvalue weighted by molar-refractivity contribution is 0.102. The fourth-order valence-corrected chi connectivity index (χ4v) is 4.40. The van der Waals surface area contributed by atoms with Gasteiger partial charge in [0.2, 0.25) is 0 Å². The molecule has 0 bridgehead atoms. The zero-order valence-corrected chi connectivity index (χ0v) is 20.0. The Morgan fingerprint density at radius 3 is 2.19 bits per heavy atom. The van der Waals surface area contributed by atoms with Gasteiger partial charge in [0, 0.05) is 56.7 Å². The second-order valence-electron chi connectivity index (χ2n) is 8.74. The molecule has 37 heavy (non-hydrogen) atoms. The number of pyridine rings is 1. The highest BCUT2D eigenvalue weighted by Gasteiger charge is 2.20. The van der Waals surface area contributed by atoms with E-state index in [1.807, 2.05) is 42.6 Å². The maximum absolute atomic E-state index is 12.4.